The van der Waals surface area contributed by atoms with Gasteiger partial charge in [0.1, 0.15) is 0 Å². The van der Waals surface area contributed by atoms with Gasteiger partial charge in [0.25, 0.3) is 10.2 Å². The van der Waals surface area contributed by atoms with E-state index in [1.165, 1.54) is 6.42 Å². The zero-order chi connectivity index (χ0) is 17.6. The van der Waals surface area contributed by atoms with Crippen LogP contribution in [0.3, 0.4) is 0 Å². The van der Waals surface area contributed by atoms with Gasteiger partial charge in [-0.3, -0.25) is 9.69 Å². The van der Waals surface area contributed by atoms with E-state index in [1.807, 2.05) is 11.8 Å². The first-order valence-electron chi connectivity index (χ1n) is 9.17. The quantitative estimate of drug-likeness (QED) is 0.754. The van der Waals surface area contributed by atoms with E-state index in [0.717, 1.165) is 38.6 Å². The van der Waals surface area contributed by atoms with Crippen LogP contribution in [0.25, 0.3) is 0 Å². The van der Waals surface area contributed by atoms with Gasteiger partial charge < -0.3 is 5.32 Å². The number of carbonyl (C=O) groups excluding carboxylic acids is 1. The van der Waals surface area contributed by atoms with Crippen molar-refractivity contribution in [3.63, 3.8) is 0 Å². The molecular weight excluding hydrogens is 328 g/mol. The second kappa shape index (κ2) is 9.12. The van der Waals surface area contributed by atoms with Gasteiger partial charge in [0.2, 0.25) is 5.91 Å². The molecule has 8 heteroatoms. The summed E-state index contributed by atoms with van der Waals surface area (Å²) in [6.07, 6.45) is 6.13. The fourth-order valence-corrected chi connectivity index (χ4v) is 5.23. The van der Waals surface area contributed by atoms with E-state index >= 15 is 0 Å². The number of carbonyl (C=O) groups is 1. The summed E-state index contributed by atoms with van der Waals surface area (Å²) in [4.78, 5) is 13.8. The summed E-state index contributed by atoms with van der Waals surface area (Å²) < 4.78 is 29.0. The number of nitrogens with zero attached hydrogens (tertiary/aromatic N) is 3. The van der Waals surface area contributed by atoms with Gasteiger partial charge in [0.05, 0.1) is 6.54 Å². The highest BCUT2D eigenvalue weighted by molar-refractivity contribution is 7.86. The van der Waals surface area contributed by atoms with E-state index in [0.29, 0.717) is 32.7 Å². The average molecular weight is 361 g/mol. The SMILES string of the molecule is CCNC(=O)CN1CCCN(S(=O)(=O)N(C)C2CCCCC2)CC1. The third-order valence-electron chi connectivity index (χ3n) is 5.07. The summed E-state index contributed by atoms with van der Waals surface area (Å²) in [6.45, 7) is 5.23. The molecule has 1 heterocycles. The topological polar surface area (TPSA) is 73.0 Å². The normalized spacial score (nSPS) is 22.5. The first-order valence-corrected chi connectivity index (χ1v) is 10.6. The van der Waals surface area contributed by atoms with Gasteiger partial charge in [0.15, 0.2) is 0 Å². The minimum absolute atomic E-state index is 0.00753. The number of likely N-dealkylation sites (N-methyl/N-ethyl adjacent to an activating group) is 1. The van der Waals surface area contributed by atoms with E-state index < -0.39 is 10.2 Å². The van der Waals surface area contributed by atoms with Gasteiger partial charge in [-0.1, -0.05) is 19.3 Å². The monoisotopic (exact) mass is 360 g/mol. The minimum atomic E-state index is -3.41. The van der Waals surface area contributed by atoms with Gasteiger partial charge in [-0.2, -0.15) is 17.0 Å². The van der Waals surface area contributed by atoms with E-state index in [1.54, 1.807) is 15.7 Å². The smallest absolute Gasteiger partial charge is 0.282 e. The van der Waals surface area contributed by atoms with Crippen LogP contribution in [0.1, 0.15) is 45.4 Å². The van der Waals surface area contributed by atoms with Crippen LogP contribution >= 0.6 is 0 Å². The summed E-state index contributed by atoms with van der Waals surface area (Å²) in [7, 11) is -1.68. The maximum atomic E-state index is 12.9. The van der Waals surface area contributed by atoms with Gasteiger partial charge >= 0.3 is 0 Å². The zero-order valence-corrected chi connectivity index (χ0v) is 15.9. The fraction of sp³-hybridized carbons (Fsp3) is 0.938. The number of hydrogen-bond donors (Lipinski definition) is 1. The van der Waals surface area contributed by atoms with Gasteiger partial charge in [-0.25, -0.2) is 0 Å². The van der Waals surface area contributed by atoms with Crippen molar-refractivity contribution in [2.75, 3.05) is 46.3 Å². The summed E-state index contributed by atoms with van der Waals surface area (Å²) in [6, 6.07) is 0.137. The Morgan fingerprint density at radius 2 is 1.79 bits per heavy atom. The molecule has 0 spiro atoms. The lowest BCUT2D eigenvalue weighted by atomic mass is 9.96. The minimum Gasteiger partial charge on any atom is -0.355 e. The van der Waals surface area contributed by atoms with E-state index in [-0.39, 0.29) is 11.9 Å². The highest BCUT2D eigenvalue weighted by Crippen LogP contribution is 2.25. The molecule has 0 bridgehead atoms. The molecule has 1 saturated carbocycles. The lowest BCUT2D eigenvalue weighted by molar-refractivity contribution is -0.122. The average Bonchev–Trinajstić information content (AvgIpc) is 2.81. The maximum Gasteiger partial charge on any atom is 0.282 e. The molecule has 7 nitrogen and oxygen atoms in total. The molecular formula is C16H32N4O3S. The fourth-order valence-electron chi connectivity index (χ4n) is 3.61. The Labute approximate surface area is 146 Å². The van der Waals surface area contributed by atoms with Gasteiger partial charge in [-0.15, -0.1) is 0 Å². The van der Waals surface area contributed by atoms with Crippen LogP contribution in [0, 0.1) is 0 Å². The molecule has 2 fully saturated rings. The molecule has 0 aromatic rings. The number of nitrogens with one attached hydrogen (secondary N) is 1. The van der Waals surface area contributed by atoms with Crippen molar-refractivity contribution in [2.24, 2.45) is 0 Å². The second-order valence-electron chi connectivity index (χ2n) is 6.80. The molecule has 0 aromatic heterocycles. The van der Waals surface area contributed by atoms with E-state index in [9.17, 15) is 13.2 Å². The van der Waals surface area contributed by atoms with Crippen molar-refractivity contribution in [3.8, 4) is 0 Å². The Morgan fingerprint density at radius 1 is 1.08 bits per heavy atom. The highest BCUT2D eigenvalue weighted by Gasteiger charge is 2.33. The van der Waals surface area contributed by atoms with Crippen LogP contribution < -0.4 is 5.32 Å². The third kappa shape index (κ3) is 5.15. The van der Waals surface area contributed by atoms with E-state index in [4.69, 9.17) is 0 Å². The van der Waals surface area contributed by atoms with Crippen molar-refractivity contribution in [1.82, 2.24) is 18.8 Å². The molecule has 0 atom stereocenters. The Kier molecular flexibility index (Phi) is 7.46. The lowest BCUT2D eigenvalue weighted by Gasteiger charge is -2.34. The van der Waals surface area contributed by atoms with Crippen molar-refractivity contribution in [1.29, 1.82) is 0 Å². The Bertz CT molecular complexity index is 505. The van der Waals surface area contributed by atoms with Crippen LogP contribution in [0.15, 0.2) is 0 Å². The van der Waals surface area contributed by atoms with Gasteiger partial charge in [-0.05, 0) is 32.7 Å². The molecule has 24 heavy (non-hydrogen) atoms. The van der Waals surface area contributed by atoms with Crippen LogP contribution in [0.5, 0.6) is 0 Å². The van der Waals surface area contributed by atoms with Crippen LogP contribution in [0.2, 0.25) is 0 Å². The number of hydrogen-bond acceptors (Lipinski definition) is 4. The Balaban J connectivity index is 1.92. The zero-order valence-electron chi connectivity index (χ0n) is 15.0. The van der Waals surface area contributed by atoms with Crippen molar-refractivity contribution >= 4 is 16.1 Å². The lowest BCUT2D eigenvalue weighted by Crippen LogP contribution is -2.48. The highest BCUT2D eigenvalue weighted by atomic mass is 32.2. The Morgan fingerprint density at radius 3 is 2.46 bits per heavy atom. The van der Waals surface area contributed by atoms with Crippen molar-refractivity contribution < 1.29 is 13.2 Å². The Hall–Kier alpha value is -0.700. The summed E-state index contributed by atoms with van der Waals surface area (Å²) >= 11 is 0. The molecule has 1 amide bonds. The first-order chi connectivity index (χ1) is 11.4. The molecule has 0 unspecified atom stereocenters. The van der Waals surface area contributed by atoms with Crippen LogP contribution in [-0.4, -0.2) is 80.2 Å². The van der Waals surface area contributed by atoms with Crippen LogP contribution in [0.4, 0.5) is 0 Å². The largest absolute Gasteiger partial charge is 0.355 e. The second-order valence-corrected chi connectivity index (χ2v) is 8.79. The van der Waals surface area contributed by atoms with Crippen molar-refractivity contribution in [3.05, 3.63) is 0 Å². The summed E-state index contributed by atoms with van der Waals surface area (Å²) in [5.74, 6) is 0.00753. The molecule has 0 aromatic carbocycles. The predicted molar refractivity (Wildman–Crippen MR) is 94.9 cm³/mol. The molecule has 1 saturated heterocycles. The van der Waals surface area contributed by atoms with Crippen molar-refractivity contribution in [2.45, 2.75) is 51.5 Å². The molecule has 1 aliphatic carbocycles. The van der Waals surface area contributed by atoms with E-state index in [2.05, 4.69) is 5.32 Å². The molecule has 0 radical (unpaired) electrons. The molecule has 140 valence electrons. The maximum absolute atomic E-state index is 12.9. The summed E-state index contributed by atoms with van der Waals surface area (Å²) in [5.41, 5.74) is 0. The molecule has 1 aliphatic heterocycles. The first kappa shape index (κ1) is 19.6. The van der Waals surface area contributed by atoms with Crippen LogP contribution in [-0.2, 0) is 15.0 Å². The number of amides is 1. The van der Waals surface area contributed by atoms with Gasteiger partial charge in [0, 0.05) is 39.3 Å². The predicted octanol–water partition coefficient (Wildman–Crippen LogP) is 0.640. The molecule has 1 N–H and O–H groups in total. The number of rotatable bonds is 6. The third-order valence-corrected chi connectivity index (χ3v) is 7.11. The molecule has 2 rings (SSSR count). The molecule has 2 aliphatic rings. The summed E-state index contributed by atoms with van der Waals surface area (Å²) in [5, 5.41) is 2.80. The standard InChI is InChI=1S/C16H32N4O3S/c1-3-17-16(21)14-19-10-7-11-20(13-12-19)24(22,23)18(2)15-8-5-4-6-9-15/h15H,3-14H2,1-2H3,(H,17,21).